The van der Waals surface area contributed by atoms with Crippen LogP contribution in [0.25, 0.3) is 0 Å². The van der Waals surface area contributed by atoms with Crippen molar-refractivity contribution in [3.05, 3.63) is 47.9 Å². The van der Waals surface area contributed by atoms with E-state index in [1.54, 1.807) is 22.8 Å². The summed E-state index contributed by atoms with van der Waals surface area (Å²) in [7, 11) is 0. The fourth-order valence-corrected chi connectivity index (χ4v) is 2.54. The first-order chi connectivity index (χ1) is 11.6. The number of carbonyl (C=O) groups excluding carboxylic acids is 2. The van der Waals surface area contributed by atoms with Crippen LogP contribution in [0.2, 0.25) is 0 Å². The van der Waals surface area contributed by atoms with E-state index >= 15 is 0 Å². The molecule has 24 heavy (non-hydrogen) atoms. The Bertz CT molecular complexity index is 706. The molecule has 126 valence electrons. The third kappa shape index (κ3) is 3.73. The van der Waals surface area contributed by atoms with Crippen LogP contribution < -0.4 is 4.74 Å². The van der Waals surface area contributed by atoms with Crippen LogP contribution in [0.1, 0.15) is 16.2 Å². The van der Waals surface area contributed by atoms with Crippen LogP contribution in [-0.4, -0.2) is 59.6 Å². The third-order valence-electron chi connectivity index (χ3n) is 3.87. The van der Waals surface area contributed by atoms with Crippen LogP contribution in [0.4, 0.5) is 0 Å². The molecule has 3 rings (SSSR count). The van der Waals surface area contributed by atoms with Crippen LogP contribution in [0.15, 0.2) is 40.9 Å². The Kier molecular flexibility index (Phi) is 4.79. The lowest BCUT2D eigenvalue weighted by atomic mass is 10.2. The quantitative estimate of drug-likeness (QED) is 0.846. The number of nitrogens with zero attached hydrogens (tertiary/aromatic N) is 3. The zero-order valence-electron chi connectivity index (χ0n) is 13.5. The van der Waals surface area contributed by atoms with E-state index in [-0.39, 0.29) is 18.4 Å². The van der Waals surface area contributed by atoms with Crippen molar-refractivity contribution < 1.29 is 18.8 Å². The minimum atomic E-state index is -0.167. The maximum Gasteiger partial charge on any atom is 0.276 e. The number of ether oxygens (including phenoxy) is 1. The lowest BCUT2D eigenvalue weighted by molar-refractivity contribution is -0.134. The van der Waals surface area contributed by atoms with Gasteiger partial charge in [0.05, 0.1) is 0 Å². The number of hydrogen-bond acceptors (Lipinski definition) is 5. The Balaban J connectivity index is 1.47. The highest BCUT2D eigenvalue weighted by Gasteiger charge is 2.26. The van der Waals surface area contributed by atoms with Gasteiger partial charge in [0.2, 0.25) is 0 Å². The van der Waals surface area contributed by atoms with Gasteiger partial charge in [0.15, 0.2) is 12.3 Å². The molecular formula is C17H19N3O4. The topological polar surface area (TPSA) is 75.9 Å². The summed E-state index contributed by atoms with van der Waals surface area (Å²) in [6, 6.07) is 10.8. The van der Waals surface area contributed by atoms with Gasteiger partial charge in [-0.15, -0.1) is 0 Å². The molecule has 0 radical (unpaired) electrons. The summed E-state index contributed by atoms with van der Waals surface area (Å²) in [4.78, 5) is 27.9. The maximum atomic E-state index is 12.3. The lowest BCUT2D eigenvalue weighted by Gasteiger charge is -2.34. The van der Waals surface area contributed by atoms with Crippen LogP contribution in [0, 0.1) is 6.92 Å². The van der Waals surface area contributed by atoms with E-state index in [9.17, 15) is 9.59 Å². The van der Waals surface area contributed by atoms with Gasteiger partial charge >= 0.3 is 0 Å². The first kappa shape index (κ1) is 16.0. The number of aryl methyl sites for hydroxylation is 1. The highest BCUT2D eigenvalue weighted by Crippen LogP contribution is 2.11. The van der Waals surface area contributed by atoms with Gasteiger partial charge in [-0.2, -0.15) is 0 Å². The van der Waals surface area contributed by atoms with Crippen molar-refractivity contribution >= 4 is 11.8 Å². The summed E-state index contributed by atoms with van der Waals surface area (Å²) >= 11 is 0. The molecular weight excluding hydrogens is 310 g/mol. The smallest absolute Gasteiger partial charge is 0.276 e. The number of aromatic nitrogens is 1. The molecule has 7 heteroatoms. The van der Waals surface area contributed by atoms with E-state index in [1.165, 1.54) is 0 Å². The largest absolute Gasteiger partial charge is 0.484 e. The molecule has 0 atom stereocenters. The van der Waals surface area contributed by atoms with E-state index < -0.39 is 0 Å². The second-order valence-corrected chi connectivity index (χ2v) is 5.60. The van der Waals surface area contributed by atoms with Gasteiger partial charge in [-0.3, -0.25) is 9.59 Å². The Morgan fingerprint density at radius 1 is 1.12 bits per heavy atom. The minimum Gasteiger partial charge on any atom is -0.484 e. The monoisotopic (exact) mass is 329 g/mol. The first-order valence-corrected chi connectivity index (χ1v) is 7.82. The fraction of sp³-hybridized carbons (Fsp3) is 0.353. The van der Waals surface area contributed by atoms with Crippen molar-refractivity contribution in [3.8, 4) is 5.75 Å². The number of piperazine rings is 1. The van der Waals surface area contributed by atoms with Crippen molar-refractivity contribution in [2.45, 2.75) is 6.92 Å². The van der Waals surface area contributed by atoms with Gasteiger partial charge < -0.3 is 19.1 Å². The van der Waals surface area contributed by atoms with E-state index in [1.807, 2.05) is 30.3 Å². The molecule has 1 aliphatic rings. The van der Waals surface area contributed by atoms with Crippen molar-refractivity contribution in [2.24, 2.45) is 0 Å². The molecule has 0 N–H and O–H groups in total. The molecule has 0 aliphatic carbocycles. The molecule has 2 aromatic rings. The first-order valence-electron chi connectivity index (χ1n) is 7.82. The van der Waals surface area contributed by atoms with Gasteiger partial charge in [0.1, 0.15) is 11.5 Å². The molecule has 1 aliphatic heterocycles. The summed E-state index contributed by atoms with van der Waals surface area (Å²) in [5, 5.41) is 3.74. The zero-order valence-corrected chi connectivity index (χ0v) is 13.5. The van der Waals surface area contributed by atoms with Crippen molar-refractivity contribution in [1.82, 2.24) is 15.0 Å². The zero-order chi connectivity index (χ0) is 16.9. The molecule has 0 bridgehead atoms. The van der Waals surface area contributed by atoms with Gasteiger partial charge in [0, 0.05) is 32.2 Å². The van der Waals surface area contributed by atoms with E-state index in [0.29, 0.717) is 43.4 Å². The molecule has 2 amide bonds. The molecule has 0 unspecified atom stereocenters. The van der Waals surface area contributed by atoms with Crippen LogP contribution in [0.5, 0.6) is 5.75 Å². The average Bonchev–Trinajstić information content (AvgIpc) is 3.06. The Morgan fingerprint density at radius 2 is 1.79 bits per heavy atom. The van der Waals surface area contributed by atoms with Crippen molar-refractivity contribution in [1.29, 1.82) is 0 Å². The number of carbonyl (C=O) groups is 2. The number of amides is 2. The molecule has 1 aromatic carbocycles. The lowest BCUT2D eigenvalue weighted by Crippen LogP contribution is -2.51. The van der Waals surface area contributed by atoms with Gasteiger partial charge in [-0.05, 0) is 19.1 Å². The van der Waals surface area contributed by atoms with Crippen LogP contribution >= 0.6 is 0 Å². The van der Waals surface area contributed by atoms with E-state index in [4.69, 9.17) is 9.26 Å². The Morgan fingerprint density at radius 3 is 2.42 bits per heavy atom. The molecule has 0 saturated carbocycles. The number of hydrogen-bond donors (Lipinski definition) is 0. The standard InChI is InChI=1S/C17H19N3O4/c1-13-11-15(18-24-13)17(22)20-9-7-19(8-10-20)16(21)12-23-14-5-3-2-4-6-14/h2-6,11H,7-10,12H2,1H3. The summed E-state index contributed by atoms with van der Waals surface area (Å²) in [5.74, 6) is 1.02. The number of para-hydroxylation sites is 1. The third-order valence-corrected chi connectivity index (χ3v) is 3.87. The maximum absolute atomic E-state index is 12.3. The summed E-state index contributed by atoms with van der Waals surface area (Å²) in [6.07, 6.45) is 0. The molecule has 1 fully saturated rings. The predicted octanol–water partition coefficient (Wildman–Crippen LogP) is 1.35. The predicted molar refractivity (Wildman–Crippen MR) is 85.7 cm³/mol. The molecule has 0 spiro atoms. The van der Waals surface area contributed by atoms with Gasteiger partial charge in [-0.25, -0.2) is 0 Å². The van der Waals surface area contributed by atoms with Gasteiger partial charge in [0.25, 0.3) is 11.8 Å². The second-order valence-electron chi connectivity index (χ2n) is 5.60. The number of benzene rings is 1. The Labute approximate surface area is 139 Å². The van der Waals surface area contributed by atoms with Crippen LogP contribution in [-0.2, 0) is 4.79 Å². The Hall–Kier alpha value is -2.83. The highest BCUT2D eigenvalue weighted by atomic mass is 16.5. The molecule has 1 aromatic heterocycles. The van der Waals surface area contributed by atoms with Gasteiger partial charge in [-0.1, -0.05) is 23.4 Å². The summed E-state index contributed by atoms with van der Waals surface area (Å²) in [6.45, 7) is 3.66. The molecule has 2 heterocycles. The van der Waals surface area contributed by atoms with Crippen molar-refractivity contribution in [2.75, 3.05) is 32.8 Å². The summed E-state index contributed by atoms with van der Waals surface area (Å²) in [5.41, 5.74) is 0.305. The fourth-order valence-electron chi connectivity index (χ4n) is 2.54. The van der Waals surface area contributed by atoms with Crippen LogP contribution in [0.3, 0.4) is 0 Å². The number of rotatable bonds is 4. The minimum absolute atomic E-state index is 0.000437. The molecule has 7 nitrogen and oxygen atoms in total. The second kappa shape index (κ2) is 7.16. The molecule has 1 saturated heterocycles. The van der Waals surface area contributed by atoms with Crippen molar-refractivity contribution in [3.63, 3.8) is 0 Å². The normalized spacial score (nSPS) is 14.5. The SMILES string of the molecule is Cc1cc(C(=O)N2CCN(C(=O)COc3ccccc3)CC2)no1. The summed E-state index contributed by atoms with van der Waals surface area (Å²) < 4.78 is 10.4. The van der Waals surface area contributed by atoms with E-state index in [2.05, 4.69) is 5.16 Å². The van der Waals surface area contributed by atoms with E-state index in [0.717, 1.165) is 0 Å². The highest BCUT2D eigenvalue weighted by molar-refractivity contribution is 5.92. The average molecular weight is 329 g/mol.